The summed E-state index contributed by atoms with van der Waals surface area (Å²) in [5.41, 5.74) is 1.84. The normalized spacial score (nSPS) is 15.0. The Morgan fingerprint density at radius 1 is 1.10 bits per heavy atom. The van der Waals surface area contributed by atoms with Gasteiger partial charge in [-0.2, -0.15) is 8.78 Å². The molecule has 160 valence electrons. The fraction of sp³-hybridized carbons (Fsp3) is 0.318. The number of nitrogens with zero attached hydrogens (tertiary/aromatic N) is 2. The first-order valence-electron chi connectivity index (χ1n) is 9.51. The van der Waals surface area contributed by atoms with E-state index < -0.39 is 6.61 Å². The number of hydrogen-bond acceptors (Lipinski definition) is 4. The summed E-state index contributed by atoms with van der Waals surface area (Å²) in [6, 6.07) is 12.3. The predicted molar refractivity (Wildman–Crippen MR) is 112 cm³/mol. The van der Waals surface area contributed by atoms with E-state index in [2.05, 4.69) is 9.64 Å². The van der Waals surface area contributed by atoms with Crippen molar-refractivity contribution in [1.82, 2.24) is 9.80 Å². The highest BCUT2D eigenvalue weighted by molar-refractivity contribution is 6.30. The van der Waals surface area contributed by atoms with E-state index in [9.17, 15) is 13.6 Å². The molecule has 0 radical (unpaired) electrons. The SMILES string of the molecule is COc1cc(/C=C/C(=O)N2CCN(Cc3ccc(Cl)cc3)CC2)ccc1OC(F)F. The number of hydrogen-bond donors (Lipinski definition) is 0. The molecule has 30 heavy (non-hydrogen) atoms. The Labute approximate surface area is 179 Å². The van der Waals surface area contributed by atoms with Crippen LogP contribution in [0.5, 0.6) is 11.5 Å². The zero-order valence-corrected chi connectivity index (χ0v) is 17.3. The lowest BCUT2D eigenvalue weighted by Crippen LogP contribution is -2.47. The van der Waals surface area contributed by atoms with Crippen LogP contribution < -0.4 is 9.47 Å². The second kappa shape index (κ2) is 10.4. The molecule has 1 aliphatic heterocycles. The largest absolute Gasteiger partial charge is 0.493 e. The summed E-state index contributed by atoms with van der Waals surface area (Å²) in [5, 5.41) is 0.717. The number of piperazine rings is 1. The molecule has 8 heteroatoms. The van der Waals surface area contributed by atoms with Gasteiger partial charge in [-0.3, -0.25) is 9.69 Å². The third-order valence-corrected chi connectivity index (χ3v) is 5.08. The fourth-order valence-electron chi connectivity index (χ4n) is 3.23. The van der Waals surface area contributed by atoms with Crippen molar-refractivity contribution in [3.63, 3.8) is 0 Å². The molecule has 1 amide bonds. The van der Waals surface area contributed by atoms with Crippen molar-refractivity contribution < 1.29 is 23.0 Å². The predicted octanol–water partition coefficient (Wildman–Crippen LogP) is 4.31. The van der Waals surface area contributed by atoms with Gasteiger partial charge in [-0.1, -0.05) is 29.8 Å². The molecule has 1 saturated heterocycles. The van der Waals surface area contributed by atoms with Crippen LogP contribution in [0.1, 0.15) is 11.1 Å². The molecule has 0 atom stereocenters. The third kappa shape index (κ3) is 6.18. The average Bonchev–Trinajstić information content (AvgIpc) is 2.74. The van der Waals surface area contributed by atoms with Gasteiger partial charge in [0.1, 0.15) is 0 Å². The van der Waals surface area contributed by atoms with Crippen molar-refractivity contribution in [2.24, 2.45) is 0 Å². The van der Waals surface area contributed by atoms with Gasteiger partial charge in [-0.25, -0.2) is 0 Å². The Morgan fingerprint density at radius 2 is 1.80 bits per heavy atom. The molecule has 1 aliphatic rings. The van der Waals surface area contributed by atoms with E-state index in [1.165, 1.54) is 24.8 Å². The van der Waals surface area contributed by atoms with Crippen LogP contribution in [0.15, 0.2) is 48.5 Å². The van der Waals surface area contributed by atoms with Crippen LogP contribution in [0, 0.1) is 0 Å². The minimum Gasteiger partial charge on any atom is -0.493 e. The van der Waals surface area contributed by atoms with Crippen molar-refractivity contribution in [3.05, 3.63) is 64.7 Å². The third-order valence-electron chi connectivity index (χ3n) is 4.83. The average molecular weight is 437 g/mol. The first-order chi connectivity index (χ1) is 14.4. The molecule has 0 spiro atoms. The van der Waals surface area contributed by atoms with Crippen LogP contribution in [0.3, 0.4) is 0 Å². The van der Waals surface area contributed by atoms with E-state index in [1.807, 2.05) is 24.3 Å². The van der Waals surface area contributed by atoms with E-state index >= 15 is 0 Å². The number of alkyl halides is 2. The number of carbonyl (C=O) groups excluding carboxylic acids is 1. The molecule has 1 heterocycles. The molecule has 0 aliphatic carbocycles. The van der Waals surface area contributed by atoms with Crippen LogP contribution >= 0.6 is 11.6 Å². The van der Waals surface area contributed by atoms with Gasteiger partial charge in [-0.05, 0) is 41.5 Å². The van der Waals surface area contributed by atoms with Crippen molar-refractivity contribution in [2.45, 2.75) is 13.2 Å². The van der Waals surface area contributed by atoms with Crippen LogP contribution in [-0.4, -0.2) is 55.6 Å². The second-order valence-electron chi connectivity index (χ2n) is 6.85. The number of rotatable bonds is 7. The van der Waals surface area contributed by atoms with Crippen molar-refractivity contribution in [3.8, 4) is 11.5 Å². The van der Waals surface area contributed by atoms with Crippen LogP contribution in [0.25, 0.3) is 6.08 Å². The summed E-state index contributed by atoms with van der Waals surface area (Å²) in [4.78, 5) is 16.6. The van der Waals surface area contributed by atoms with Gasteiger partial charge >= 0.3 is 6.61 Å². The molecule has 0 unspecified atom stereocenters. The number of carbonyl (C=O) groups is 1. The molecule has 5 nitrogen and oxygen atoms in total. The maximum absolute atomic E-state index is 12.5. The summed E-state index contributed by atoms with van der Waals surface area (Å²) in [6.45, 7) is 0.746. The summed E-state index contributed by atoms with van der Waals surface area (Å²) in [5.74, 6) is 0.0431. The lowest BCUT2D eigenvalue weighted by Gasteiger charge is -2.34. The van der Waals surface area contributed by atoms with Gasteiger partial charge in [-0.15, -0.1) is 0 Å². The minimum absolute atomic E-state index is 0.0483. The molecule has 2 aromatic carbocycles. The molecule has 0 saturated carbocycles. The van der Waals surface area contributed by atoms with Gasteiger partial charge in [0.15, 0.2) is 11.5 Å². The van der Waals surface area contributed by atoms with E-state index in [-0.39, 0.29) is 17.4 Å². The highest BCUT2D eigenvalue weighted by atomic mass is 35.5. The lowest BCUT2D eigenvalue weighted by atomic mass is 10.1. The number of benzene rings is 2. The topological polar surface area (TPSA) is 42.0 Å². The Balaban J connectivity index is 1.52. The van der Waals surface area contributed by atoms with Gasteiger partial charge in [0.05, 0.1) is 7.11 Å². The van der Waals surface area contributed by atoms with E-state index in [0.29, 0.717) is 18.7 Å². The first-order valence-corrected chi connectivity index (χ1v) is 9.89. The molecule has 0 N–H and O–H groups in total. The highest BCUT2D eigenvalue weighted by Crippen LogP contribution is 2.29. The summed E-state index contributed by atoms with van der Waals surface area (Å²) in [7, 11) is 1.37. The van der Waals surface area contributed by atoms with Crippen LogP contribution in [-0.2, 0) is 11.3 Å². The highest BCUT2D eigenvalue weighted by Gasteiger charge is 2.19. The van der Waals surface area contributed by atoms with Crippen molar-refractivity contribution >= 4 is 23.6 Å². The zero-order valence-electron chi connectivity index (χ0n) is 16.6. The number of halogens is 3. The van der Waals surface area contributed by atoms with Gasteiger partial charge in [0, 0.05) is 43.8 Å². The van der Waals surface area contributed by atoms with Gasteiger partial charge < -0.3 is 14.4 Å². The Bertz CT molecular complexity index is 882. The smallest absolute Gasteiger partial charge is 0.387 e. The Morgan fingerprint density at radius 3 is 2.43 bits per heavy atom. The molecule has 0 bridgehead atoms. The first kappa shape index (κ1) is 22.1. The van der Waals surface area contributed by atoms with Crippen molar-refractivity contribution in [2.75, 3.05) is 33.3 Å². The second-order valence-corrected chi connectivity index (χ2v) is 7.29. The van der Waals surface area contributed by atoms with E-state index in [1.54, 1.807) is 23.1 Å². The lowest BCUT2D eigenvalue weighted by molar-refractivity contribution is -0.127. The zero-order chi connectivity index (χ0) is 21.5. The van der Waals surface area contributed by atoms with Crippen LogP contribution in [0.2, 0.25) is 5.02 Å². The fourth-order valence-corrected chi connectivity index (χ4v) is 3.35. The molecular formula is C22H23ClF2N2O3. The Hall–Kier alpha value is -2.64. The Kier molecular flexibility index (Phi) is 7.65. The van der Waals surface area contributed by atoms with E-state index in [4.69, 9.17) is 16.3 Å². The standard InChI is InChI=1S/C22H23ClF2N2O3/c1-29-20-14-16(4-8-19(20)30-22(24)25)5-9-21(28)27-12-10-26(11-13-27)15-17-2-6-18(23)7-3-17/h2-9,14,22H,10-13,15H2,1H3/b9-5+. The quantitative estimate of drug-likeness (QED) is 0.607. The molecular weight excluding hydrogens is 414 g/mol. The number of ether oxygens (including phenoxy) is 2. The summed E-state index contributed by atoms with van der Waals surface area (Å²) < 4.78 is 34.3. The van der Waals surface area contributed by atoms with Crippen LogP contribution in [0.4, 0.5) is 8.78 Å². The van der Waals surface area contributed by atoms with E-state index in [0.717, 1.165) is 24.7 Å². The van der Waals surface area contributed by atoms with Crippen molar-refractivity contribution in [1.29, 1.82) is 0 Å². The molecule has 1 fully saturated rings. The minimum atomic E-state index is -2.93. The molecule has 2 aromatic rings. The summed E-state index contributed by atoms with van der Waals surface area (Å²) >= 11 is 5.92. The maximum Gasteiger partial charge on any atom is 0.387 e. The number of methoxy groups -OCH3 is 1. The molecule has 3 rings (SSSR count). The summed E-state index contributed by atoms with van der Waals surface area (Å²) in [6.07, 6.45) is 3.12. The number of amides is 1. The monoisotopic (exact) mass is 436 g/mol. The maximum atomic E-state index is 12.5. The van der Waals surface area contributed by atoms with Gasteiger partial charge in [0.25, 0.3) is 0 Å². The van der Waals surface area contributed by atoms with Gasteiger partial charge in [0.2, 0.25) is 5.91 Å². The molecule has 0 aromatic heterocycles.